The van der Waals surface area contributed by atoms with Crippen molar-refractivity contribution >= 4 is 5.78 Å². The Morgan fingerprint density at radius 3 is 2.59 bits per heavy atom. The number of methoxy groups -OCH3 is 1. The number of rotatable bonds is 1. The molecule has 90 valence electrons. The van der Waals surface area contributed by atoms with Crippen LogP contribution >= 0.6 is 0 Å². The van der Waals surface area contributed by atoms with Gasteiger partial charge in [0.15, 0.2) is 0 Å². The minimum absolute atomic E-state index is 0.0265. The zero-order chi connectivity index (χ0) is 12.3. The van der Waals surface area contributed by atoms with Crippen molar-refractivity contribution in [1.82, 2.24) is 0 Å². The minimum atomic E-state index is -0.251. The van der Waals surface area contributed by atoms with Crippen LogP contribution in [0, 0.1) is 0 Å². The Morgan fingerprint density at radius 1 is 1.18 bits per heavy atom. The molecule has 2 nitrogen and oxygen atoms in total. The number of benzene rings is 1. The van der Waals surface area contributed by atoms with Gasteiger partial charge in [-0.25, -0.2) is 0 Å². The van der Waals surface area contributed by atoms with Crippen LogP contribution in [-0.2, 0) is 15.6 Å². The second-order valence-electron chi connectivity index (χ2n) is 5.90. The molecule has 0 aliphatic heterocycles. The van der Waals surface area contributed by atoms with Gasteiger partial charge in [-0.05, 0) is 48.4 Å². The second kappa shape index (κ2) is 3.12. The average Bonchev–Trinajstić information content (AvgIpc) is 2.32. The third-order valence-corrected chi connectivity index (χ3v) is 4.81. The van der Waals surface area contributed by atoms with Crippen LogP contribution < -0.4 is 4.74 Å². The molecular weight excluding hydrogens is 212 g/mol. The van der Waals surface area contributed by atoms with E-state index in [-0.39, 0.29) is 10.8 Å². The highest BCUT2D eigenvalue weighted by Crippen LogP contribution is 2.54. The first kappa shape index (κ1) is 10.8. The zero-order valence-electron chi connectivity index (χ0n) is 10.7. The fraction of sp³-hybridized carbons (Fsp3) is 0.533. The summed E-state index contributed by atoms with van der Waals surface area (Å²) in [6, 6.07) is 6.18. The molecule has 0 heterocycles. The van der Waals surface area contributed by atoms with Crippen molar-refractivity contribution in [3.63, 3.8) is 0 Å². The maximum Gasteiger partial charge on any atom is 0.144 e. The summed E-state index contributed by atoms with van der Waals surface area (Å²) in [5.74, 6) is 1.30. The van der Waals surface area contributed by atoms with Gasteiger partial charge in [0.2, 0.25) is 0 Å². The smallest absolute Gasteiger partial charge is 0.144 e. The van der Waals surface area contributed by atoms with E-state index >= 15 is 0 Å². The van der Waals surface area contributed by atoms with E-state index in [2.05, 4.69) is 26.0 Å². The molecule has 4 rings (SSSR count). The maximum atomic E-state index is 12.3. The molecule has 0 aromatic heterocycles. The van der Waals surface area contributed by atoms with Crippen LogP contribution in [0.4, 0.5) is 0 Å². The molecule has 2 atom stereocenters. The van der Waals surface area contributed by atoms with Crippen molar-refractivity contribution in [1.29, 1.82) is 0 Å². The second-order valence-corrected chi connectivity index (χ2v) is 5.90. The Balaban J connectivity index is 2.27. The molecule has 0 spiro atoms. The molecule has 3 aliphatic carbocycles. The molecule has 1 unspecified atom stereocenters. The average molecular weight is 230 g/mol. The van der Waals surface area contributed by atoms with E-state index in [1.807, 2.05) is 6.07 Å². The number of ether oxygens (including phenoxy) is 1. The summed E-state index contributed by atoms with van der Waals surface area (Å²) in [5.41, 5.74) is 2.33. The van der Waals surface area contributed by atoms with Gasteiger partial charge >= 0.3 is 0 Å². The number of hydrogen-bond donors (Lipinski definition) is 0. The molecule has 1 aromatic rings. The lowest BCUT2D eigenvalue weighted by Crippen LogP contribution is -2.50. The van der Waals surface area contributed by atoms with Crippen molar-refractivity contribution < 1.29 is 9.53 Å². The molecule has 0 saturated heterocycles. The summed E-state index contributed by atoms with van der Waals surface area (Å²) >= 11 is 0. The standard InChI is InChI=1S/C15H18O2/c1-14-6-7-15(2,13(16)9-14)11-5-4-10(17-3)8-12(11)14/h4-5,8H,6-7,9H2,1-3H3/t14?,15-/m1/s1. The van der Waals surface area contributed by atoms with Gasteiger partial charge in [-0.1, -0.05) is 13.0 Å². The summed E-state index contributed by atoms with van der Waals surface area (Å²) in [5, 5.41) is 0. The Bertz CT molecular complexity index is 506. The zero-order valence-corrected chi connectivity index (χ0v) is 10.7. The predicted octanol–water partition coefficient (Wildman–Crippen LogP) is 2.98. The van der Waals surface area contributed by atoms with Crippen molar-refractivity contribution in [3.05, 3.63) is 29.3 Å². The van der Waals surface area contributed by atoms with E-state index in [0.29, 0.717) is 12.2 Å². The van der Waals surface area contributed by atoms with Crippen LogP contribution in [0.25, 0.3) is 0 Å². The quantitative estimate of drug-likeness (QED) is 0.741. The van der Waals surface area contributed by atoms with Crippen LogP contribution in [0.1, 0.15) is 44.2 Å². The monoisotopic (exact) mass is 230 g/mol. The molecule has 1 aromatic carbocycles. The molecule has 0 radical (unpaired) electrons. The fourth-order valence-electron chi connectivity index (χ4n) is 3.45. The largest absolute Gasteiger partial charge is 0.497 e. The van der Waals surface area contributed by atoms with Crippen molar-refractivity contribution in [2.24, 2.45) is 0 Å². The highest BCUT2D eigenvalue weighted by Gasteiger charge is 2.52. The molecule has 1 fully saturated rings. The Hall–Kier alpha value is -1.31. The lowest BCUT2D eigenvalue weighted by molar-refractivity contribution is -0.129. The number of ketones is 1. The van der Waals surface area contributed by atoms with Crippen LogP contribution in [0.5, 0.6) is 5.75 Å². The number of carbonyl (C=O) groups is 1. The van der Waals surface area contributed by atoms with Gasteiger partial charge in [0.05, 0.1) is 12.5 Å². The lowest BCUT2D eigenvalue weighted by Gasteiger charge is -2.50. The van der Waals surface area contributed by atoms with E-state index in [9.17, 15) is 4.79 Å². The first-order valence-corrected chi connectivity index (χ1v) is 6.22. The summed E-state index contributed by atoms with van der Waals surface area (Å²) in [7, 11) is 1.69. The van der Waals surface area contributed by atoms with Crippen LogP contribution in [0.15, 0.2) is 18.2 Å². The third-order valence-electron chi connectivity index (χ3n) is 4.81. The summed E-state index contributed by atoms with van der Waals surface area (Å²) in [6.07, 6.45) is 2.78. The molecule has 2 heteroatoms. The van der Waals surface area contributed by atoms with Crippen LogP contribution in [0.2, 0.25) is 0 Å². The SMILES string of the molecule is COc1ccc2c(c1)C1(C)CC[C@@]2(C)C(=O)C1. The van der Waals surface area contributed by atoms with Gasteiger partial charge in [-0.3, -0.25) is 4.79 Å². The highest BCUT2D eigenvalue weighted by molar-refractivity contribution is 5.94. The normalized spacial score (nSPS) is 34.6. The van der Waals surface area contributed by atoms with E-state index in [0.717, 1.165) is 18.6 Å². The third kappa shape index (κ3) is 1.24. The molecule has 0 N–H and O–H groups in total. The summed E-state index contributed by atoms with van der Waals surface area (Å²) in [6.45, 7) is 4.31. The van der Waals surface area contributed by atoms with Crippen molar-refractivity contribution in [2.45, 2.75) is 43.9 Å². The molecule has 1 saturated carbocycles. The molecule has 3 aliphatic rings. The first-order chi connectivity index (χ1) is 7.99. The van der Waals surface area contributed by atoms with E-state index < -0.39 is 0 Å². The van der Waals surface area contributed by atoms with Gasteiger partial charge in [0, 0.05) is 6.42 Å². The lowest BCUT2D eigenvalue weighted by atomic mass is 9.52. The van der Waals surface area contributed by atoms with Gasteiger partial charge in [0.1, 0.15) is 11.5 Å². The van der Waals surface area contributed by atoms with E-state index in [4.69, 9.17) is 4.74 Å². The van der Waals surface area contributed by atoms with Gasteiger partial charge < -0.3 is 4.74 Å². The molecule has 17 heavy (non-hydrogen) atoms. The van der Waals surface area contributed by atoms with Crippen LogP contribution in [-0.4, -0.2) is 12.9 Å². The molecule has 0 amide bonds. The Kier molecular flexibility index (Phi) is 1.99. The molecule has 2 bridgehead atoms. The summed E-state index contributed by atoms with van der Waals surface area (Å²) < 4.78 is 5.31. The first-order valence-electron chi connectivity index (χ1n) is 6.22. The number of fused-ring (bicyclic) bond motifs is 2. The topological polar surface area (TPSA) is 26.3 Å². The predicted molar refractivity (Wildman–Crippen MR) is 66.6 cm³/mol. The Morgan fingerprint density at radius 2 is 1.94 bits per heavy atom. The van der Waals surface area contributed by atoms with Gasteiger partial charge in [0.25, 0.3) is 0 Å². The molecular formula is C15H18O2. The fourth-order valence-corrected chi connectivity index (χ4v) is 3.45. The van der Waals surface area contributed by atoms with E-state index in [1.54, 1.807) is 7.11 Å². The number of hydrogen-bond acceptors (Lipinski definition) is 2. The minimum Gasteiger partial charge on any atom is -0.497 e. The Labute approximate surface area is 102 Å². The highest BCUT2D eigenvalue weighted by atomic mass is 16.5. The van der Waals surface area contributed by atoms with Crippen molar-refractivity contribution in [3.8, 4) is 5.75 Å². The number of carbonyl (C=O) groups excluding carboxylic acids is 1. The van der Waals surface area contributed by atoms with Gasteiger partial charge in [-0.15, -0.1) is 0 Å². The van der Waals surface area contributed by atoms with E-state index in [1.165, 1.54) is 11.1 Å². The van der Waals surface area contributed by atoms with Gasteiger partial charge in [-0.2, -0.15) is 0 Å². The maximum absolute atomic E-state index is 12.3. The van der Waals surface area contributed by atoms with Crippen LogP contribution in [0.3, 0.4) is 0 Å². The van der Waals surface area contributed by atoms with Crippen molar-refractivity contribution in [2.75, 3.05) is 7.11 Å². The number of Topliss-reactive ketones (excluding diaryl/α,β-unsaturated/α-hetero) is 1. The summed E-state index contributed by atoms with van der Waals surface area (Å²) in [4.78, 5) is 12.3.